The minimum absolute atomic E-state index is 0.554. The molecule has 0 amide bonds. The van der Waals surface area contributed by atoms with Crippen molar-refractivity contribution < 1.29 is 14.0 Å². The van der Waals surface area contributed by atoms with Crippen molar-refractivity contribution in [1.82, 2.24) is 15.0 Å². The average molecular weight is 364 g/mol. The zero-order chi connectivity index (χ0) is 17.2. The van der Waals surface area contributed by atoms with Crippen LogP contribution < -0.4 is 9.47 Å². The monoisotopic (exact) mass is 363 g/mol. The van der Waals surface area contributed by atoms with Gasteiger partial charge in [0, 0.05) is 38.8 Å². The van der Waals surface area contributed by atoms with Crippen LogP contribution in [0, 0.1) is 6.92 Å². The molecule has 0 spiro atoms. The van der Waals surface area contributed by atoms with Gasteiger partial charge >= 0.3 is 0 Å². The van der Waals surface area contributed by atoms with Crippen molar-refractivity contribution >= 4 is 11.6 Å². The summed E-state index contributed by atoms with van der Waals surface area (Å²) >= 11 is 6.33. The number of aryl methyl sites for hydroxylation is 1. The molecule has 25 heavy (non-hydrogen) atoms. The first-order chi connectivity index (χ1) is 12.2. The van der Waals surface area contributed by atoms with Gasteiger partial charge in [-0.2, -0.15) is 0 Å². The first kappa shape index (κ1) is 16.7. The number of rotatable bonds is 4. The van der Waals surface area contributed by atoms with Gasteiger partial charge in [-0.05, 0) is 24.6 Å². The maximum absolute atomic E-state index is 6.33. The fourth-order valence-corrected chi connectivity index (χ4v) is 3.62. The van der Waals surface area contributed by atoms with E-state index in [1.54, 1.807) is 0 Å². The zero-order valence-electron chi connectivity index (χ0n) is 14.3. The number of fused-ring (bicyclic) bond motifs is 1. The number of halogens is 1. The highest BCUT2D eigenvalue weighted by molar-refractivity contribution is 6.32. The lowest BCUT2D eigenvalue weighted by Crippen LogP contribution is -2.45. The molecule has 7 heteroatoms. The molecule has 2 aromatic rings. The molecule has 1 aromatic heterocycles. The predicted molar refractivity (Wildman–Crippen MR) is 94.2 cm³/mol. The van der Waals surface area contributed by atoms with Gasteiger partial charge in [-0.15, -0.1) is 0 Å². The standard InChI is InChI=1S/C18H22ClN3O3/c1-13-8-15(25-20-13)12-22-4-2-21(3-5-22)11-14-9-16(19)18-17(10-14)23-6-7-24-18/h8-10H,2-7,11-12H2,1H3. The SMILES string of the molecule is Cc1cc(CN2CCN(Cc3cc(Cl)c4c(c3)OCCO4)CC2)on1. The largest absolute Gasteiger partial charge is 0.486 e. The van der Waals surface area contributed by atoms with E-state index in [4.69, 9.17) is 25.6 Å². The van der Waals surface area contributed by atoms with Crippen molar-refractivity contribution in [3.63, 3.8) is 0 Å². The third kappa shape index (κ3) is 3.92. The Labute approximate surface area is 152 Å². The van der Waals surface area contributed by atoms with Crippen molar-refractivity contribution in [2.45, 2.75) is 20.0 Å². The van der Waals surface area contributed by atoms with Crippen LogP contribution >= 0.6 is 11.6 Å². The highest BCUT2D eigenvalue weighted by atomic mass is 35.5. The molecule has 2 aliphatic heterocycles. The average Bonchev–Trinajstić information content (AvgIpc) is 3.02. The van der Waals surface area contributed by atoms with Crippen LogP contribution in [0.15, 0.2) is 22.7 Å². The lowest BCUT2D eigenvalue weighted by Gasteiger charge is -2.34. The summed E-state index contributed by atoms with van der Waals surface area (Å²) in [6, 6.07) is 6.03. The Morgan fingerprint density at radius 3 is 2.44 bits per heavy atom. The predicted octanol–water partition coefficient (Wildman–Crippen LogP) is 2.73. The molecule has 6 nitrogen and oxygen atoms in total. The van der Waals surface area contributed by atoms with Gasteiger partial charge in [-0.1, -0.05) is 16.8 Å². The zero-order valence-corrected chi connectivity index (χ0v) is 15.1. The Morgan fingerprint density at radius 1 is 1.00 bits per heavy atom. The fraction of sp³-hybridized carbons (Fsp3) is 0.500. The first-order valence-corrected chi connectivity index (χ1v) is 9.00. The molecular formula is C18H22ClN3O3. The van der Waals surface area contributed by atoms with Crippen molar-refractivity contribution in [1.29, 1.82) is 0 Å². The number of aromatic nitrogens is 1. The van der Waals surface area contributed by atoms with E-state index in [1.807, 2.05) is 25.1 Å². The molecule has 2 aliphatic rings. The number of piperazine rings is 1. The summed E-state index contributed by atoms with van der Waals surface area (Å²) in [6.07, 6.45) is 0. The summed E-state index contributed by atoms with van der Waals surface area (Å²) in [5, 5.41) is 4.58. The molecule has 0 atom stereocenters. The van der Waals surface area contributed by atoms with Crippen molar-refractivity contribution in [2.75, 3.05) is 39.4 Å². The molecule has 0 N–H and O–H groups in total. The maximum atomic E-state index is 6.33. The van der Waals surface area contributed by atoms with Crippen LogP contribution in [0.1, 0.15) is 17.0 Å². The van der Waals surface area contributed by atoms with Gasteiger partial charge in [0.1, 0.15) is 13.2 Å². The second kappa shape index (κ2) is 7.23. The molecule has 0 unspecified atom stereocenters. The van der Waals surface area contributed by atoms with Crippen molar-refractivity contribution in [2.24, 2.45) is 0 Å². The quantitative estimate of drug-likeness (QED) is 0.832. The van der Waals surface area contributed by atoms with E-state index < -0.39 is 0 Å². The molecule has 0 bridgehead atoms. The second-order valence-electron chi connectivity index (χ2n) is 6.59. The Bertz CT molecular complexity index is 741. The Hall–Kier alpha value is -1.76. The van der Waals surface area contributed by atoms with Crippen LogP contribution in [-0.2, 0) is 13.1 Å². The summed E-state index contributed by atoms with van der Waals surface area (Å²) in [5.74, 6) is 2.36. The summed E-state index contributed by atoms with van der Waals surface area (Å²) in [5.41, 5.74) is 2.10. The van der Waals surface area contributed by atoms with E-state index in [0.29, 0.717) is 24.0 Å². The van der Waals surface area contributed by atoms with Crippen LogP contribution in [0.5, 0.6) is 11.5 Å². The molecule has 1 saturated heterocycles. The number of hydrogen-bond acceptors (Lipinski definition) is 6. The van der Waals surface area contributed by atoms with Gasteiger partial charge in [-0.3, -0.25) is 9.80 Å². The Balaban J connectivity index is 1.33. The molecule has 0 radical (unpaired) electrons. The van der Waals surface area contributed by atoms with Gasteiger partial charge in [0.2, 0.25) is 0 Å². The van der Waals surface area contributed by atoms with Crippen molar-refractivity contribution in [3.8, 4) is 11.5 Å². The molecule has 4 rings (SSSR count). The van der Waals surface area contributed by atoms with Crippen LogP contribution in [-0.4, -0.2) is 54.3 Å². The summed E-state index contributed by atoms with van der Waals surface area (Å²) in [4.78, 5) is 4.83. The minimum atomic E-state index is 0.554. The van der Waals surface area contributed by atoms with Crippen LogP contribution in [0.25, 0.3) is 0 Å². The third-order valence-electron chi connectivity index (χ3n) is 4.58. The third-order valence-corrected chi connectivity index (χ3v) is 4.86. The molecule has 0 saturated carbocycles. The smallest absolute Gasteiger partial charge is 0.179 e. The minimum Gasteiger partial charge on any atom is -0.486 e. The number of ether oxygens (including phenoxy) is 2. The number of nitrogens with zero attached hydrogens (tertiary/aromatic N) is 3. The van der Waals surface area contributed by atoms with Crippen LogP contribution in [0.3, 0.4) is 0 Å². The summed E-state index contributed by atoms with van der Waals surface area (Å²) in [6.45, 7) is 8.82. The molecule has 1 fully saturated rings. The van der Waals surface area contributed by atoms with Gasteiger partial charge in [0.25, 0.3) is 0 Å². The van der Waals surface area contributed by atoms with E-state index in [9.17, 15) is 0 Å². The summed E-state index contributed by atoms with van der Waals surface area (Å²) < 4.78 is 16.6. The number of hydrogen-bond donors (Lipinski definition) is 0. The van der Waals surface area contributed by atoms with E-state index in [0.717, 1.165) is 62.0 Å². The lowest BCUT2D eigenvalue weighted by molar-refractivity contribution is 0.113. The molecule has 3 heterocycles. The molecule has 0 aliphatic carbocycles. The highest BCUT2D eigenvalue weighted by Gasteiger charge is 2.21. The highest BCUT2D eigenvalue weighted by Crippen LogP contribution is 2.38. The Kier molecular flexibility index (Phi) is 4.83. The van der Waals surface area contributed by atoms with E-state index in [-0.39, 0.29) is 0 Å². The first-order valence-electron chi connectivity index (χ1n) is 8.62. The Morgan fingerprint density at radius 2 is 1.72 bits per heavy atom. The second-order valence-corrected chi connectivity index (χ2v) is 7.00. The summed E-state index contributed by atoms with van der Waals surface area (Å²) in [7, 11) is 0. The van der Waals surface area contributed by atoms with Gasteiger partial charge in [-0.25, -0.2) is 0 Å². The molecule has 134 valence electrons. The molecule has 1 aromatic carbocycles. The van der Waals surface area contributed by atoms with E-state index >= 15 is 0 Å². The normalized spacial score (nSPS) is 18.5. The van der Waals surface area contributed by atoms with Crippen molar-refractivity contribution in [3.05, 3.63) is 40.2 Å². The van der Waals surface area contributed by atoms with Crippen LogP contribution in [0.4, 0.5) is 0 Å². The number of benzene rings is 1. The van der Waals surface area contributed by atoms with Crippen LogP contribution in [0.2, 0.25) is 5.02 Å². The fourth-order valence-electron chi connectivity index (χ4n) is 3.33. The topological polar surface area (TPSA) is 51.0 Å². The lowest BCUT2D eigenvalue weighted by atomic mass is 10.1. The van der Waals surface area contributed by atoms with Gasteiger partial charge < -0.3 is 14.0 Å². The van der Waals surface area contributed by atoms with Gasteiger partial charge in [0.15, 0.2) is 17.3 Å². The van der Waals surface area contributed by atoms with Gasteiger partial charge in [0.05, 0.1) is 17.3 Å². The van der Waals surface area contributed by atoms with E-state index in [1.165, 1.54) is 0 Å². The molecular weight excluding hydrogens is 342 g/mol. The maximum Gasteiger partial charge on any atom is 0.179 e. The van der Waals surface area contributed by atoms with E-state index in [2.05, 4.69) is 15.0 Å².